The Hall–Kier alpha value is -0.910. The van der Waals surface area contributed by atoms with Crippen LogP contribution in [0.1, 0.15) is 50.5 Å². The van der Waals surface area contributed by atoms with Crippen LogP contribution in [0.15, 0.2) is 30.3 Å². The minimum absolute atomic E-state index is 0.0721. The normalized spacial score (nSPS) is 28.3. The van der Waals surface area contributed by atoms with Crippen molar-refractivity contribution in [2.45, 2.75) is 50.2 Å². The molecule has 3 fully saturated rings. The Morgan fingerprint density at radius 1 is 1.12 bits per heavy atom. The maximum Gasteiger partial charge on any atom is 0.216 e. The van der Waals surface area contributed by atoms with Crippen molar-refractivity contribution in [3.63, 3.8) is 0 Å². The topological polar surface area (TPSA) is 40.6 Å². The highest BCUT2D eigenvalue weighted by atomic mass is 32.2. The van der Waals surface area contributed by atoms with E-state index in [0.717, 1.165) is 58.4 Å². The molecule has 138 valence electrons. The van der Waals surface area contributed by atoms with Crippen LogP contribution in [0.3, 0.4) is 0 Å². The van der Waals surface area contributed by atoms with Crippen LogP contribution >= 0.6 is 0 Å². The van der Waals surface area contributed by atoms with Gasteiger partial charge in [-0.25, -0.2) is 12.7 Å². The Morgan fingerprint density at radius 3 is 2.40 bits per heavy atom. The molecule has 2 saturated heterocycles. The maximum absolute atomic E-state index is 12.5. The van der Waals surface area contributed by atoms with E-state index >= 15 is 0 Å². The Morgan fingerprint density at radius 2 is 1.80 bits per heavy atom. The summed E-state index contributed by atoms with van der Waals surface area (Å²) >= 11 is 0. The quantitative estimate of drug-likeness (QED) is 0.826. The van der Waals surface area contributed by atoms with E-state index in [1.165, 1.54) is 12.0 Å². The monoisotopic (exact) mass is 362 g/mol. The van der Waals surface area contributed by atoms with Crippen LogP contribution in [0, 0.1) is 5.41 Å². The molecule has 1 aromatic carbocycles. The van der Waals surface area contributed by atoms with E-state index in [1.807, 2.05) is 0 Å². The molecule has 1 aromatic rings. The minimum atomic E-state index is -3.01. The molecule has 1 atom stereocenters. The van der Waals surface area contributed by atoms with Crippen LogP contribution in [0.4, 0.5) is 0 Å². The fourth-order valence-corrected chi connectivity index (χ4v) is 6.69. The predicted molar refractivity (Wildman–Crippen MR) is 101 cm³/mol. The van der Waals surface area contributed by atoms with Gasteiger partial charge in [0.05, 0.1) is 5.25 Å². The molecular weight excluding hydrogens is 332 g/mol. The lowest BCUT2D eigenvalue weighted by Crippen LogP contribution is -2.52. The van der Waals surface area contributed by atoms with Gasteiger partial charge in [0.15, 0.2) is 0 Å². The standard InChI is InChI=1S/C20H30N2O2S/c1-2-21-15-18(17-6-4-3-5-7-17)14-20(16-21)10-12-22(13-11-20)25(23,24)19-8-9-19/h3-7,18-19H,2,8-16H2,1H3/t18-/m1/s1. The van der Waals surface area contributed by atoms with Crippen molar-refractivity contribution >= 4 is 10.0 Å². The summed E-state index contributed by atoms with van der Waals surface area (Å²) in [7, 11) is -3.01. The third-order valence-corrected chi connectivity index (χ3v) is 8.92. The first-order valence-electron chi connectivity index (χ1n) is 9.79. The molecule has 1 saturated carbocycles. The van der Waals surface area contributed by atoms with Gasteiger partial charge in [0.1, 0.15) is 0 Å². The smallest absolute Gasteiger partial charge is 0.216 e. The number of likely N-dealkylation sites (tertiary alicyclic amines) is 1. The first kappa shape index (κ1) is 17.5. The Labute approximate surface area is 152 Å². The van der Waals surface area contributed by atoms with Gasteiger partial charge in [-0.05, 0) is 55.5 Å². The van der Waals surface area contributed by atoms with Crippen molar-refractivity contribution in [1.29, 1.82) is 0 Å². The van der Waals surface area contributed by atoms with Crippen molar-refractivity contribution in [1.82, 2.24) is 9.21 Å². The lowest BCUT2D eigenvalue weighted by molar-refractivity contribution is 0.0337. The van der Waals surface area contributed by atoms with Crippen molar-refractivity contribution in [2.24, 2.45) is 5.41 Å². The predicted octanol–water partition coefficient (Wildman–Crippen LogP) is 3.07. The molecule has 3 aliphatic rings. The number of sulfonamides is 1. The number of rotatable bonds is 4. The fraction of sp³-hybridized carbons (Fsp3) is 0.700. The second-order valence-electron chi connectivity index (χ2n) is 8.28. The highest BCUT2D eigenvalue weighted by molar-refractivity contribution is 7.90. The summed E-state index contributed by atoms with van der Waals surface area (Å²) in [5.74, 6) is 0.571. The maximum atomic E-state index is 12.5. The molecule has 0 aromatic heterocycles. The van der Waals surface area contributed by atoms with E-state index in [-0.39, 0.29) is 10.7 Å². The molecule has 4 rings (SSSR count). The van der Waals surface area contributed by atoms with Crippen LogP contribution in [-0.2, 0) is 10.0 Å². The zero-order chi connectivity index (χ0) is 17.5. The highest BCUT2D eigenvalue weighted by Gasteiger charge is 2.46. The van der Waals surface area contributed by atoms with Crippen LogP contribution in [0.2, 0.25) is 0 Å². The van der Waals surface area contributed by atoms with E-state index in [9.17, 15) is 8.42 Å². The van der Waals surface area contributed by atoms with Crippen molar-refractivity contribution in [3.05, 3.63) is 35.9 Å². The average Bonchev–Trinajstić information content (AvgIpc) is 3.48. The SMILES string of the molecule is CCN1C[C@H](c2ccccc2)CC2(CCN(S(=O)(=O)C3CC3)CC2)C1. The van der Waals surface area contributed by atoms with Gasteiger partial charge in [-0.3, -0.25) is 0 Å². The number of nitrogens with zero attached hydrogens (tertiary/aromatic N) is 2. The third kappa shape index (κ3) is 3.51. The number of hydrogen-bond donors (Lipinski definition) is 0. The van der Waals surface area contributed by atoms with E-state index in [1.54, 1.807) is 4.31 Å². The van der Waals surface area contributed by atoms with Crippen molar-refractivity contribution < 1.29 is 8.42 Å². The lowest BCUT2D eigenvalue weighted by Gasteiger charge is -2.50. The van der Waals surface area contributed by atoms with Crippen molar-refractivity contribution in [2.75, 3.05) is 32.7 Å². The van der Waals surface area contributed by atoms with Gasteiger partial charge >= 0.3 is 0 Å². The third-order valence-electron chi connectivity index (χ3n) is 6.52. The first-order valence-corrected chi connectivity index (χ1v) is 11.3. The van der Waals surface area contributed by atoms with Crippen LogP contribution in [0.25, 0.3) is 0 Å². The molecule has 0 amide bonds. The summed E-state index contributed by atoms with van der Waals surface area (Å²) in [6.45, 7) is 7.02. The summed E-state index contributed by atoms with van der Waals surface area (Å²) in [4.78, 5) is 2.58. The van der Waals surface area contributed by atoms with Gasteiger partial charge in [0.25, 0.3) is 0 Å². The van der Waals surface area contributed by atoms with Crippen LogP contribution in [-0.4, -0.2) is 55.6 Å². The molecule has 1 aliphatic carbocycles. The first-order chi connectivity index (χ1) is 12.0. The molecule has 25 heavy (non-hydrogen) atoms. The van der Waals surface area contributed by atoms with Gasteiger partial charge in [0, 0.05) is 26.2 Å². The molecule has 5 heteroatoms. The molecule has 0 N–H and O–H groups in total. The lowest BCUT2D eigenvalue weighted by atomic mass is 9.68. The zero-order valence-corrected chi connectivity index (χ0v) is 16.0. The van der Waals surface area contributed by atoms with Gasteiger partial charge in [-0.15, -0.1) is 0 Å². The molecule has 0 unspecified atom stereocenters. The number of piperidine rings is 2. The minimum Gasteiger partial charge on any atom is -0.302 e. The van der Waals surface area contributed by atoms with Crippen molar-refractivity contribution in [3.8, 4) is 0 Å². The molecular formula is C20H30N2O2S. The van der Waals surface area contributed by atoms with Gasteiger partial charge in [0.2, 0.25) is 10.0 Å². The van der Waals surface area contributed by atoms with E-state index in [2.05, 4.69) is 42.2 Å². The summed E-state index contributed by atoms with van der Waals surface area (Å²) in [5.41, 5.74) is 1.72. The number of benzene rings is 1. The van der Waals surface area contributed by atoms with E-state index in [0.29, 0.717) is 5.92 Å². The van der Waals surface area contributed by atoms with Crippen LogP contribution in [0.5, 0.6) is 0 Å². The molecule has 0 bridgehead atoms. The highest BCUT2D eigenvalue weighted by Crippen LogP contribution is 2.46. The average molecular weight is 363 g/mol. The van der Waals surface area contributed by atoms with Gasteiger partial charge < -0.3 is 4.90 Å². The van der Waals surface area contributed by atoms with Gasteiger partial charge in [-0.1, -0.05) is 37.3 Å². The largest absolute Gasteiger partial charge is 0.302 e. The molecule has 0 radical (unpaired) electrons. The Balaban J connectivity index is 1.49. The fourth-order valence-electron chi connectivity index (χ4n) is 4.85. The second-order valence-corrected chi connectivity index (χ2v) is 10.5. The zero-order valence-electron chi connectivity index (χ0n) is 15.2. The van der Waals surface area contributed by atoms with E-state index in [4.69, 9.17) is 0 Å². The summed E-state index contributed by atoms with van der Waals surface area (Å²) in [6.07, 6.45) is 4.95. The number of hydrogen-bond acceptors (Lipinski definition) is 3. The Bertz CT molecular complexity index is 692. The van der Waals surface area contributed by atoms with E-state index < -0.39 is 10.0 Å². The number of likely N-dealkylation sites (N-methyl/N-ethyl adjacent to an activating group) is 1. The molecule has 1 spiro atoms. The summed E-state index contributed by atoms with van der Waals surface area (Å²) in [6, 6.07) is 10.9. The summed E-state index contributed by atoms with van der Waals surface area (Å²) < 4.78 is 26.9. The van der Waals surface area contributed by atoms with Crippen LogP contribution < -0.4 is 0 Å². The molecule has 2 aliphatic heterocycles. The Kier molecular flexibility index (Phi) is 4.67. The molecule has 2 heterocycles. The van der Waals surface area contributed by atoms with Gasteiger partial charge in [-0.2, -0.15) is 0 Å². The summed E-state index contributed by atoms with van der Waals surface area (Å²) in [5, 5.41) is -0.0721. The molecule has 4 nitrogen and oxygen atoms in total. The second kappa shape index (κ2) is 6.67.